The molecule has 1 aliphatic rings. The molecule has 0 bridgehead atoms. The topological polar surface area (TPSA) is 75.9 Å². The van der Waals surface area contributed by atoms with Crippen molar-refractivity contribution >= 4 is 12.0 Å². The zero-order valence-corrected chi connectivity index (χ0v) is 15.6. The van der Waals surface area contributed by atoms with Crippen LogP contribution in [0.25, 0.3) is 0 Å². The van der Waals surface area contributed by atoms with Crippen LogP contribution < -0.4 is 5.73 Å². The van der Waals surface area contributed by atoms with Gasteiger partial charge in [0.1, 0.15) is 5.60 Å². The summed E-state index contributed by atoms with van der Waals surface area (Å²) in [5.74, 6) is 0.0446. The van der Waals surface area contributed by atoms with Crippen LogP contribution in [0.3, 0.4) is 0 Å². The summed E-state index contributed by atoms with van der Waals surface area (Å²) in [6.07, 6.45) is 0.0000286. The van der Waals surface area contributed by atoms with Gasteiger partial charge in [0.15, 0.2) is 0 Å². The monoisotopic (exact) mass is 347 g/mol. The lowest BCUT2D eigenvalue weighted by Gasteiger charge is -2.41. The molecule has 0 spiro atoms. The van der Waals surface area contributed by atoms with Crippen molar-refractivity contribution in [2.75, 3.05) is 26.2 Å². The van der Waals surface area contributed by atoms with Crippen LogP contribution in [-0.2, 0) is 16.0 Å². The van der Waals surface area contributed by atoms with Crippen LogP contribution in [-0.4, -0.2) is 59.6 Å². The lowest BCUT2D eigenvalue weighted by atomic mass is 10.1. The Balaban J connectivity index is 1.98. The van der Waals surface area contributed by atoms with E-state index in [4.69, 9.17) is 10.5 Å². The molecule has 6 heteroatoms. The van der Waals surface area contributed by atoms with Crippen molar-refractivity contribution in [1.29, 1.82) is 0 Å². The molecule has 1 atom stereocenters. The molecule has 6 nitrogen and oxygen atoms in total. The number of piperazine rings is 1. The molecule has 0 aromatic heterocycles. The van der Waals surface area contributed by atoms with Crippen molar-refractivity contribution in [3.05, 3.63) is 35.4 Å². The van der Waals surface area contributed by atoms with Crippen molar-refractivity contribution in [1.82, 2.24) is 9.80 Å². The largest absolute Gasteiger partial charge is 0.444 e. The van der Waals surface area contributed by atoms with Crippen LogP contribution in [0.15, 0.2) is 24.3 Å². The summed E-state index contributed by atoms with van der Waals surface area (Å²) >= 11 is 0. The average molecular weight is 347 g/mol. The molecule has 1 fully saturated rings. The fraction of sp³-hybridized carbons (Fsp3) is 0.579. The predicted molar refractivity (Wildman–Crippen MR) is 97.2 cm³/mol. The van der Waals surface area contributed by atoms with Gasteiger partial charge in [0.2, 0.25) is 5.91 Å². The number of aryl methyl sites for hydroxylation is 1. The number of rotatable bonds is 3. The minimum Gasteiger partial charge on any atom is -0.444 e. The van der Waals surface area contributed by atoms with Gasteiger partial charge in [-0.25, -0.2) is 4.79 Å². The van der Waals surface area contributed by atoms with E-state index in [0.717, 1.165) is 5.56 Å². The Morgan fingerprint density at radius 2 is 1.84 bits per heavy atom. The highest BCUT2D eigenvalue weighted by Gasteiger charge is 2.33. The maximum Gasteiger partial charge on any atom is 0.410 e. The number of nitrogens with zero attached hydrogens (tertiary/aromatic N) is 2. The molecule has 1 unspecified atom stereocenters. The van der Waals surface area contributed by atoms with Crippen LogP contribution in [0.1, 0.15) is 31.9 Å². The molecule has 0 aliphatic carbocycles. The standard InChI is InChI=1S/C19H29N3O3/c1-14-5-7-15(8-6-14)11-17(23)22-10-9-21(13-16(22)12-20)18(24)25-19(2,3)4/h5-8,16H,9-13,20H2,1-4H3. The summed E-state index contributed by atoms with van der Waals surface area (Å²) in [6, 6.07) is 7.77. The highest BCUT2D eigenvalue weighted by atomic mass is 16.6. The first-order valence-electron chi connectivity index (χ1n) is 8.72. The van der Waals surface area contributed by atoms with Gasteiger partial charge in [-0.3, -0.25) is 4.79 Å². The Labute approximate surface area is 149 Å². The molecular weight excluding hydrogens is 318 g/mol. The molecule has 2 rings (SSSR count). The van der Waals surface area contributed by atoms with E-state index in [0.29, 0.717) is 32.6 Å². The normalized spacial score (nSPS) is 18.2. The summed E-state index contributed by atoms with van der Waals surface area (Å²) in [4.78, 5) is 28.3. The van der Waals surface area contributed by atoms with Gasteiger partial charge in [0.05, 0.1) is 12.5 Å². The van der Waals surface area contributed by atoms with Gasteiger partial charge in [-0.05, 0) is 33.3 Å². The van der Waals surface area contributed by atoms with E-state index in [9.17, 15) is 9.59 Å². The van der Waals surface area contributed by atoms with Gasteiger partial charge in [-0.15, -0.1) is 0 Å². The van der Waals surface area contributed by atoms with Crippen LogP contribution in [0.5, 0.6) is 0 Å². The molecular formula is C19H29N3O3. The van der Waals surface area contributed by atoms with Crippen LogP contribution in [0.4, 0.5) is 4.79 Å². The molecule has 2 N–H and O–H groups in total. The summed E-state index contributed by atoms with van der Waals surface area (Å²) < 4.78 is 5.42. The number of ether oxygens (including phenoxy) is 1. The smallest absolute Gasteiger partial charge is 0.410 e. The minimum absolute atomic E-state index is 0.0446. The van der Waals surface area contributed by atoms with E-state index in [1.807, 2.05) is 52.0 Å². The molecule has 1 heterocycles. The van der Waals surface area contributed by atoms with Crippen molar-refractivity contribution in [3.63, 3.8) is 0 Å². The number of carbonyl (C=O) groups is 2. The van der Waals surface area contributed by atoms with E-state index in [1.165, 1.54) is 5.56 Å². The Morgan fingerprint density at radius 3 is 2.40 bits per heavy atom. The van der Waals surface area contributed by atoms with Gasteiger partial charge in [-0.1, -0.05) is 29.8 Å². The summed E-state index contributed by atoms with van der Waals surface area (Å²) in [5, 5.41) is 0. The molecule has 1 aromatic rings. The first kappa shape index (κ1) is 19.2. The number of carbonyl (C=O) groups excluding carboxylic acids is 2. The maximum atomic E-state index is 12.7. The molecule has 0 radical (unpaired) electrons. The second-order valence-corrected chi connectivity index (χ2v) is 7.57. The zero-order valence-electron chi connectivity index (χ0n) is 15.6. The SMILES string of the molecule is Cc1ccc(CC(=O)N2CCN(C(=O)OC(C)(C)C)CC2CN)cc1. The van der Waals surface area contributed by atoms with Crippen LogP contribution in [0, 0.1) is 6.92 Å². The number of hydrogen-bond acceptors (Lipinski definition) is 4. The number of nitrogens with two attached hydrogens (primary N) is 1. The number of benzene rings is 1. The molecule has 2 amide bonds. The third-order valence-corrected chi connectivity index (χ3v) is 4.20. The van der Waals surface area contributed by atoms with Crippen LogP contribution in [0.2, 0.25) is 0 Å². The van der Waals surface area contributed by atoms with Gasteiger partial charge in [0, 0.05) is 26.2 Å². The van der Waals surface area contributed by atoms with Gasteiger partial charge < -0.3 is 20.3 Å². The fourth-order valence-electron chi connectivity index (χ4n) is 2.86. The Morgan fingerprint density at radius 1 is 1.20 bits per heavy atom. The third kappa shape index (κ3) is 5.46. The van der Waals surface area contributed by atoms with E-state index in [1.54, 1.807) is 9.80 Å². The number of hydrogen-bond donors (Lipinski definition) is 1. The van der Waals surface area contributed by atoms with Crippen molar-refractivity contribution in [3.8, 4) is 0 Å². The second kappa shape index (κ2) is 7.87. The third-order valence-electron chi connectivity index (χ3n) is 4.20. The van der Waals surface area contributed by atoms with Gasteiger partial charge in [0.25, 0.3) is 0 Å². The zero-order chi connectivity index (χ0) is 18.6. The lowest BCUT2D eigenvalue weighted by Crippen LogP contribution is -2.59. The van der Waals surface area contributed by atoms with Gasteiger partial charge in [-0.2, -0.15) is 0 Å². The van der Waals surface area contributed by atoms with E-state index in [2.05, 4.69) is 0 Å². The molecule has 0 saturated carbocycles. The van der Waals surface area contributed by atoms with Crippen molar-refractivity contribution in [2.24, 2.45) is 5.73 Å². The first-order chi connectivity index (χ1) is 11.7. The fourth-order valence-corrected chi connectivity index (χ4v) is 2.86. The van der Waals surface area contributed by atoms with Crippen molar-refractivity contribution < 1.29 is 14.3 Å². The predicted octanol–water partition coefficient (Wildman–Crippen LogP) is 1.94. The minimum atomic E-state index is -0.534. The lowest BCUT2D eigenvalue weighted by molar-refractivity contribution is -0.135. The Bertz CT molecular complexity index is 607. The number of amides is 2. The Kier molecular flexibility index (Phi) is 6.06. The average Bonchev–Trinajstić information content (AvgIpc) is 2.54. The molecule has 1 saturated heterocycles. The van der Waals surface area contributed by atoms with E-state index in [-0.39, 0.29) is 18.0 Å². The van der Waals surface area contributed by atoms with Crippen LogP contribution >= 0.6 is 0 Å². The Hall–Kier alpha value is -2.08. The highest BCUT2D eigenvalue weighted by Crippen LogP contribution is 2.16. The first-order valence-corrected chi connectivity index (χ1v) is 8.72. The van der Waals surface area contributed by atoms with Gasteiger partial charge >= 0.3 is 6.09 Å². The van der Waals surface area contributed by atoms with E-state index >= 15 is 0 Å². The summed E-state index contributed by atoms with van der Waals surface area (Å²) in [6.45, 7) is 9.21. The molecule has 25 heavy (non-hydrogen) atoms. The van der Waals surface area contributed by atoms with Crippen molar-refractivity contribution in [2.45, 2.75) is 45.8 Å². The molecule has 1 aliphatic heterocycles. The molecule has 138 valence electrons. The molecule has 1 aromatic carbocycles. The summed E-state index contributed by atoms with van der Waals surface area (Å²) in [5.41, 5.74) is 7.48. The second-order valence-electron chi connectivity index (χ2n) is 7.57. The van der Waals surface area contributed by atoms with E-state index < -0.39 is 5.60 Å². The quantitative estimate of drug-likeness (QED) is 0.907. The maximum absolute atomic E-state index is 12.7. The highest BCUT2D eigenvalue weighted by molar-refractivity contribution is 5.79. The summed E-state index contributed by atoms with van der Waals surface area (Å²) in [7, 11) is 0.